The van der Waals surface area contributed by atoms with Crippen LogP contribution < -0.4 is 10.6 Å². The zero-order chi connectivity index (χ0) is 5.11. The van der Waals surface area contributed by atoms with Crippen molar-refractivity contribution in [2.75, 3.05) is 13.4 Å². The zero-order valence-electron chi connectivity index (χ0n) is 3.73. The van der Waals surface area contributed by atoms with Crippen molar-refractivity contribution in [3.8, 4) is 0 Å². The number of hydrogen-bond donors (Lipinski definition) is 2. The number of rotatable bonds is 0. The van der Waals surface area contributed by atoms with Gasteiger partial charge in [-0.2, -0.15) is 0 Å². The van der Waals surface area contributed by atoms with Crippen molar-refractivity contribution in [2.45, 2.75) is 0 Å². The largest absolute Gasteiger partial charge is 0.455 e. The Bertz CT molecular complexity index is 77.0. The Labute approximate surface area is 47.0 Å². The van der Waals surface area contributed by atoms with E-state index in [9.17, 15) is 0 Å². The molecule has 1 heterocycles. The molecular weight excluding hydrogens is 112 g/mol. The summed E-state index contributed by atoms with van der Waals surface area (Å²) in [6, 6.07) is 0. The molecular formula is C3H6N2OS. The lowest BCUT2D eigenvalue weighted by atomic mass is 10.9. The lowest BCUT2D eigenvalue weighted by Crippen LogP contribution is -2.42. The van der Waals surface area contributed by atoms with Gasteiger partial charge in [0.15, 0.2) is 0 Å². The Hall–Kier alpha value is -0.350. The van der Waals surface area contributed by atoms with Crippen LogP contribution in [0.1, 0.15) is 0 Å². The van der Waals surface area contributed by atoms with Gasteiger partial charge >= 0.3 is 0 Å². The van der Waals surface area contributed by atoms with Crippen molar-refractivity contribution in [1.29, 1.82) is 0 Å². The van der Waals surface area contributed by atoms with Crippen LogP contribution in [0.4, 0.5) is 0 Å². The molecule has 0 aromatic rings. The molecule has 1 aliphatic heterocycles. The molecule has 2 N–H and O–H groups in total. The van der Waals surface area contributed by atoms with Crippen LogP contribution in [-0.4, -0.2) is 18.6 Å². The number of nitrogens with one attached hydrogen (secondary N) is 2. The van der Waals surface area contributed by atoms with Crippen LogP contribution in [-0.2, 0) is 4.74 Å². The average molecular weight is 118 g/mol. The Morgan fingerprint density at radius 2 is 2.57 bits per heavy atom. The first-order valence-corrected chi connectivity index (χ1v) is 2.42. The Morgan fingerprint density at radius 1 is 1.71 bits per heavy atom. The van der Waals surface area contributed by atoms with Crippen LogP contribution in [0.2, 0.25) is 0 Å². The fourth-order valence-corrected chi connectivity index (χ4v) is 0.484. The first kappa shape index (κ1) is 4.80. The van der Waals surface area contributed by atoms with Crippen molar-refractivity contribution in [2.24, 2.45) is 0 Å². The highest BCUT2D eigenvalue weighted by molar-refractivity contribution is 7.80. The molecule has 0 unspecified atom stereocenters. The standard InChI is InChI=1S/C3H6N2OS/c7-3-5-1-4-2-6-3/h4H,1-2H2,(H,5,7). The highest BCUT2D eigenvalue weighted by atomic mass is 32.1. The minimum absolute atomic E-state index is 0.485. The molecule has 7 heavy (non-hydrogen) atoms. The van der Waals surface area contributed by atoms with E-state index in [1.807, 2.05) is 0 Å². The smallest absolute Gasteiger partial charge is 0.258 e. The summed E-state index contributed by atoms with van der Waals surface area (Å²) in [7, 11) is 0. The topological polar surface area (TPSA) is 33.3 Å². The summed E-state index contributed by atoms with van der Waals surface area (Å²) in [6.45, 7) is 1.25. The summed E-state index contributed by atoms with van der Waals surface area (Å²) in [5, 5.41) is 6.16. The van der Waals surface area contributed by atoms with Gasteiger partial charge in [0.1, 0.15) is 6.73 Å². The summed E-state index contributed by atoms with van der Waals surface area (Å²) in [4.78, 5) is 0. The molecule has 3 nitrogen and oxygen atoms in total. The average Bonchev–Trinajstić information content (AvgIpc) is 1.69. The van der Waals surface area contributed by atoms with E-state index in [1.54, 1.807) is 0 Å². The second-order valence-corrected chi connectivity index (χ2v) is 1.55. The third-order valence-electron chi connectivity index (χ3n) is 0.663. The van der Waals surface area contributed by atoms with Crippen molar-refractivity contribution in [3.63, 3.8) is 0 Å². The molecule has 0 radical (unpaired) electrons. The molecule has 0 aromatic carbocycles. The molecule has 40 valence electrons. The summed E-state index contributed by atoms with van der Waals surface area (Å²) in [6.07, 6.45) is 0. The SMILES string of the molecule is S=C1NCNCO1. The molecule has 1 saturated heterocycles. The van der Waals surface area contributed by atoms with Crippen LogP contribution in [0.15, 0.2) is 0 Å². The van der Waals surface area contributed by atoms with E-state index in [-0.39, 0.29) is 0 Å². The van der Waals surface area contributed by atoms with Crippen molar-refractivity contribution >= 4 is 17.4 Å². The van der Waals surface area contributed by atoms with E-state index in [1.165, 1.54) is 0 Å². The van der Waals surface area contributed by atoms with Gasteiger partial charge in [0.2, 0.25) is 0 Å². The van der Waals surface area contributed by atoms with Crippen LogP contribution >= 0.6 is 12.2 Å². The van der Waals surface area contributed by atoms with E-state index in [2.05, 4.69) is 22.9 Å². The number of ether oxygens (including phenoxy) is 1. The quantitative estimate of drug-likeness (QED) is 0.416. The summed E-state index contributed by atoms with van der Waals surface area (Å²) >= 11 is 4.63. The summed E-state index contributed by atoms with van der Waals surface area (Å²) < 4.78 is 4.79. The normalized spacial score (nSPS) is 20.3. The van der Waals surface area contributed by atoms with Gasteiger partial charge < -0.3 is 10.1 Å². The maximum atomic E-state index is 4.79. The second kappa shape index (κ2) is 2.09. The van der Waals surface area contributed by atoms with E-state index in [4.69, 9.17) is 4.74 Å². The Morgan fingerprint density at radius 3 is 2.86 bits per heavy atom. The fraction of sp³-hybridized carbons (Fsp3) is 0.667. The lowest BCUT2D eigenvalue weighted by molar-refractivity contribution is 0.235. The van der Waals surface area contributed by atoms with Gasteiger partial charge in [-0.25, -0.2) is 0 Å². The molecule has 0 aliphatic carbocycles. The first-order chi connectivity index (χ1) is 3.39. The highest BCUT2D eigenvalue weighted by Gasteiger charge is 1.98. The maximum absolute atomic E-state index is 4.79. The predicted molar refractivity (Wildman–Crippen MR) is 29.7 cm³/mol. The molecule has 0 amide bonds. The van der Waals surface area contributed by atoms with Crippen molar-refractivity contribution < 1.29 is 4.74 Å². The van der Waals surface area contributed by atoms with Gasteiger partial charge in [0, 0.05) is 0 Å². The van der Waals surface area contributed by atoms with Crippen LogP contribution in [0.5, 0.6) is 0 Å². The van der Waals surface area contributed by atoms with Gasteiger partial charge in [-0.15, -0.1) is 0 Å². The van der Waals surface area contributed by atoms with Gasteiger partial charge in [-0.1, -0.05) is 0 Å². The Balaban J connectivity index is 2.25. The van der Waals surface area contributed by atoms with Crippen LogP contribution in [0.3, 0.4) is 0 Å². The van der Waals surface area contributed by atoms with Crippen molar-refractivity contribution in [1.82, 2.24) is 10.6 Å². The molecule has 1 fully saturated rings. The summed E-state index contributed by atoms with van der Waals surface area (Å²) in [5.74, 6) is 0. The van der Waals surface area contributed by atoms with Crippen LogP contribution in [0, 0.1) is 0 Å². The monoisotopic (exact) mass is 118 g/mol. The molecule has 0 bridgehead atoms. The lowest BCUT2D eigenvalue weighted by Gasteiger charge is -2.15. The number of hydrogen-bond acceptors (Lipinski definition) is 3. The zero-order valence-corrected chi connectivity index (χ0v) is 4.55. The minimum atomic E-state index is 0.485. The van der Waals surface area contributed by atoms with Gasteiger partial charge in [0.25, 0.3) is 5.17 Å². The number of thiocarbonyl (C=S) groups is 1. The maximum Gasteiger partial charge on any atom is 0.258 e. The molecule has 1 aliphatic rings. The third kappa shape index (κ3) is 1.29. The van der Waals surface area contributed by atoms with Crippen molar-refractivity contribution in [3.05, 3.63) is 0 Å². The molecule has 0 atom stereocenters. The van der Waals surface area contributed by atoms with E-state index < -0.39 is 0 Å². The summed E-state index contributed by atoms with van der Waals surface area (Å²) in [5.41, 5.74) is 0. The molecule has 4 heteroatoms. The van der Waals surface area contributed by atoms with E-state index >= 15 is 0 Å². The van der Waals surface area contributed by atoms with Gasteiger partial charge in [-0.05, 0) is 12.2 Å². The van der Waals surface area contributed by atoms with E-state index in [0.717, 1.165) is 6.67 Å². The van der Waals surface area contributed by atoms with E-state index in [0.29, 0.717) is 11.9 Å². The van der Waals surface area contributed by atoms with Crippen LogP contribution in [0.25, 0.3) is 0 Å². The molecule has 0 aromatic heterocycles. The van der Waals surface area contributed by atoms with Gasteiger partial charge in [0.05, 0.1) is 6.67 Å². The third-order valence-corrected chi connectivity index (χ3v) is 0.925. The fourth-order valence-electron chi connectivity index (χ4n) is 0.353. The second-order valence-electron chi connectivity index (χ2n) is 1.18. The molecule has 0 saturated carbocycles. The molecule has 0 spiro atoms. The minimum Gasteiger partial charge on any atom is -0.455 e. The Kier molecular flexibility index (Phi) is 1.43. The predicted octanol–water partition coefficient (Wildman–Crippen LogP) is -0.604. The highest BCUT2D eigenvalue weighted by Crippen LogP contribution is 1.78. The first-order valence-electron chi connectivity index (χ1n) is 2.01. The van der Waals surface area contributed by atoms with Gasteiger partial charge in [-0.3, -0.25) is 5.32 Å². The molecule has 1 rings (SSSR count).